The van der Waals surface area contributed by atoms with E-state index in [1.54, 1.807) is 0 Å². The number of benzene rings is 2. The predicted molar refractivity (Wildman–Crippen MR) is 99.9 cm³/mol. The lowest BCUT2D eigenvalue weighted by Gasteiger charge is -2.11. The number of nitrogens with zero attached hydrogens (tertiary/aromatic N) is 1. The smallest absolute Gasteiger partial charge is 0.387 e. The first kappa shape index (κ1) is 18.8. The Bertz CT molecular complexity index is 942. The van der Waals surface area contributed by atoms with Crippen LogP contribution in [0.1, 0.15) is 15.9 Å². The molecule has 2 aromatic carbocycles. The summed E-state index contributed by atoms with van der Waals surface area (Å²) < 4.78 is 34.1. The summed E-state index contributed by atoms with van der Waals surface area (Å²) in [4.78, 5) is 16.8. The second kappa shape index (κ2) is 8.13. The van der Waals surface area contributed by atoms with E-state index in [0.717, 1.165) is 16.8 Å². The summed E-state index contributed by atoms with van der Waals surface area (Å²) in [7, 11) is 1.31. The fraction of sp³-hybridized carbons (Fsp3) is 0.158. The average molecular weight is 390 g/mol. The number of rotatable bonds is 6. The molecule has 0 aliphatic heterocycles. The number of halogens is 2. The first-order valence-electron chi connectivity index (χ1n) is 7.93. The van der Waals surface area contributed by atoms with Gasteiger partial charge in [0.25, 0.3) is 5.91 Å². The monoisotopic (exact) mass is 390 g/mol. The summed E-state index contributed by atoms with van der Waals surface area (Å²) in [6.07, 6.45) is 0. The first-order valence-corrected chi connectivity index (χ1v) is 8.81. The Kier molecular flexibility index (Phi) is 5.66. The Balaban J connectivity index is 1.75. The van der Waals surface area contributed by atoms with E-state index < -0.39 is 12.5 Å². The Labute approximate surface area is 158 Å². The number of hydrogen-bond acceptors (Lipinski definition) is 5. The van der Waals surface area contributed by atoms with Gasteiger partial charge in [-0.05, 0) is 25.1 Å². The Morgan fingerprint density at radius 2 is 1.89 bits per heavy atom. The molecule has 140 valence electrons. The summed E-state index contributed by atoms with van der Waals surface area (Å²) in [6, 6.07) is 11.9. The van der Waals surface area contributed by atoms with Gasteiger partial charge < -0.3 is 9.47 Å². The van der Waals surface area contributed by atoms with Gasteiger partial charge in [0.15, 0.2) is 16.6 Å². The number of alkyl halides is 2. The van der Waals surface area contributed by atoms with Gasteiger partial charge in [-0.25, -0.2) is 4.98 Å². The number of nitrogens with one attached hydrogen (secondary N) is 1. The van der Waals surface area contributed by atoms with Crippen molar-refractivity contribution in [2.24, 2.45) is 0 Å². The minimum Gasteiger partial charge on any atom is -0.493 e. The Hall–Kier alpha value is -3.00. The SMILES string of the molecule is COc1cc(C(=O)Nc2nc(-c3ccc(C)cc3)cs2)ccc1OC(F)F. The molecule has 3 aromatic rings. The van der Waals surface area contributed by atoms with E-state index in [0.29, 0.717) is 5.13 Å². The van der Waals surface area contributed by atoms with Crippen LogP contribution in [-0.4, -0.2) is 24.6 Å². The minimum atomic E-state index is -2.98. The Morgan fingerprint density at radius 3 is 2.56 bits per heavy atom. The van der Waals surface area contributed by atoms with E-state index in [4.69, 9.17) is 4.74 Å². The van der Waals surface area contributed by atoms with Crippen LogP contribution in [0.15, 0.2) is 47.8 Å². The van der Waals surface area contributed by atoms with Crippen LogP contribution in [0.4, 0.5) is 13.9 Å². The van der Waals surface area contributed by atoms with Crippen LogP contribution in [0, 0.1) is 6.92 Å². The van der Waals surface area contributed by atoms with Crippen LogP contribution in [0.2, 0.25) is 0 Å². The summed E-state index contributed by atoms with van der Waals surface area (Å²) in [5.41, 5.74) is 3.09. The molecule has 0 atom stereocenters. The zero-order chi connectivity index (χ0) is 19.4. The fourth-order valence-electron chi connectivity index (χ4n) is 2.36. The third-order valence-electron chi connectivity index (χ3n) is 3.71. The third-order valence-corrected chi connectivity index (χ3v) is 4.47. The lowest BCUT2D eigenvalue weighted by atomic mass is 10.1. The van der Waals surface area contributed by atoms with Crippen LogP contribution in [-0.2, 0) is 0 Å². The zero-order valence-corrected chi connectivity index (χ0v) is 15.3. The van der Waals surface area contributed by atoms with Gasteiger partial charge in [0.05, 0.1) is 12.8 Å². The van der Waals surface area contributed by atoms with Crippen molar-refractivity contribution in [1.29, 1.82) is 0 Å². The quantitative estimate of drug-likeness (QED) is 0.645. The number of carbonyl (C=O) groups excluding carboxylic acids is 1. The van der Waals surface area contributed by atoms with Crippen molar-refractivity contribution in [2.75, 3.05) is 12.4 Å². The maximum absolute atomic E-state index is 12.4. The molecule has 1 aromatic heterocycles. The number of amides is 1. The Morgan fingerprint density at radius 1 is 1.15 bits per heavy atom. The van der Waals surface area contributed by atoms with Crippen LogP contribution >= 0.6 is 11.3 Å². The number of carbonyl (C=O) groups is 1. The molecule has 0 bridgehead atoms. The number of aromatic nitrogens is 1. The van der Waals surface area contributed by atoms with Crippen LogP contribution in [0.5, 0.6) is 11.5 Å². The van der Waals surface area contributed by atoms with Gasteiger partial charge in [0, 0.05) is 16.5 Å². The summed E-state index contributed by atoms with van der Waals surface area (Å²) in [5.74, 6) is -0.524. The molecular formula is C19H16F2N2O3S. The van der Waals surface area contributed by atoms with Crippen molar-refractivity contribution in [1.82, 2.24) is 4.98 Å². The molecule has 0 aliphatic carbocycles. The zero-order valence-electron chi connectivity index (χ0n) is 14.5. The van der Waals surface area contributed by atoms with E-state index >= 15 is 0 Å². The van der Waals surface area contributed by atoms with E-state index in [1.165, 1.54) is 36.6 Å². The summed E-state index contributed by atoms with van der Waals surface area (Å²) >= 11 is 1.29. The molecule has 0 saturated carbocycles. The van der Waals surface area contributed by atoms with E-state index in [9.17, 15) is 13.6 Å². The fourth-order valence-corrected chi connectivity index (χ4v) is 3.07. The molecule has 5 nitrogen and oxygen atoms in total. The average Bonchev–Trinajstić information content (AvgIpc) is 3.10. The molecule has 3 rings (SSSR count). The molecule has 0 unspecified atom stereocenters. The maximum Gasteiger partial charge on any atom is 0.387 e. The highest BCUT2D eigenvalue weighted by Crippen LogP contribution is 2.30. The molecule has 1 heterocycles. The maximum atomic E-state index is 12.4. The number of ether oxygens (including phenoxy) is 2. The van der Waals surface area contributed by atoms with Gasteiger partial charge >= 0.3 is 6.61 Å². The van der Waals surface area contributed by atoms with Crippen LogP contribution in [0.3, 0.4) is 0 Å². The molecule has 1 amide bonds. The van der Waals surface area contributed by atoms with Crippen molar-refractivity contribution in [3.63, 3.8) is 0 Å². The first-order chi connectivity index (χ1) is 13.0. The minimum absolute atomic E-state index is 0.0439. The molecule has 0 radical (unpaired) electrons. The molecular weight excluding hydrogens is 374 g/mol. The lowest BCUT2D eigenvalue weighted by Crippen LogP contribution is -2.12. The summed E-state index contributed by atoms with van der Waals surface area (Å²) in [5, 5.41) is 4.98. The van der Waals surface area contributed by atoms with Crippen molar-refractivity contribution in [2.45, 2.75) is 13.5 Å². The van der Waals surface area contributed by atoms with E-state index in [2.05, 4.69) is 15.0 Å². The van der Waals surface area contributed by atoms with Crippen molar-refractivity contribution in [3.8, 4) is 22.8 Å². The van der Waals surface area contributed by atoms with Gasteiger partial charge in [0.1, 0.15) is 0 Å². The van der Waals surface area contributed by atoms with Crippen LogP contribution in [0.25, 0.3) is 11.3 Å². The topological polar surface area (TPSA) is 60.5 Å². The third kappa shape index (κ3) is 4.59. The summed E-state index contributed by atoms with van der Waals surface area (Å²) in [6.45, 7) is -0.975. The standard InChI is InChI=1S/C19H16F2N2O3S/c1-11-3-5-12(6-4-11)14-10-27-19(22-14)23-17(24)13-7-8-15(26-18(20)21)16(9-13)25-2/h3-10,18H,1-2H3,(H,22,23,24). The number of anilines is 1. The van der Waals surface area contributed by atoms with Gasteiger partial charge in [-0.15, -0.1) is 11.3 Å². The van der Waals surface area contributed by atoms with Crippen molar-refractivity contribution >= 4 is 22.4 Å². The van der Waals surface area contributed by atoms with Crippen molar-refractivity contribution in [3.05, 3.63) is 59.0 Å². The van der Waals surface area contributed by atoms with E-state index in [1.807, 2.05) is 36.6 Å². The lowest BCUT2D eigenvalue weighted by molar-refractivity contribution is -0.0512. The highest BCUT2D eigenvalue weighted by Gasteiger charge is 2.15. The van der Waals surface area contributed by atoms with Gasteiger partial charge in [-0.2, -0.15) is 8.78 Å². The molecule has 0 saturated heterocycles. The highest BCUT2D eigenvalue weighted by molar-refractivity contribution is 7.14. The number of aryl methyl sites for hydroxylation is 1. The predicted octanol–water partition coefficient (Wildman–Crippen LogP) is 4.98. The molecule has 0 spiro atoms. The van der Waals surface area contributed by atoms with Gasteiger partial charge in [0.2, 0.25) is 0 Å². The molecule has 27 heavy (non-hydrogen) atoms. The molecule has 8 heteroatoms. The molecule has 0 fully saturated rings. The molecule has 1 N–H and O–H groups in total. The van der Waals surface area contributed by atoms with Gasteiger partial charge in [-0.3, -0.25) is 10.1 Å². The van der Waals surface area contributed by atoms with Gasteiger partial charge in [-0.1, -0.05) is 29.8 Å². The van der Waals surface area contributed by atoms with E-state index in [-0.39, 0.29) is 17.1 Å². The highest BCUT2D eigenvalue weighted by atomic mass is 32.1. The van der Waals surface area contributed by atoms with Crippen LogP contribution < -0.4 is 14.8 Å². The largest absolute Gasteiger partial charge is 0.493 e. The second-order valence-electron chi connectivity index (χ2n) is 5.60. The second-order valence-corrected chi connectivity index (χ2v) is 6.46. The number of thiazole rings is 1. The number of hydrogen-bond donors (Lipinski definition) is 1. The number of methoxy groups -OCH3 is 1. The van der Waals surface area contributed by atoms with Crippen molar-refractivity contribution < 1.29 is 23.0 Å². The normalized spacial score (nSPS) is 10.7. The molecule has 0 aliphatic rings.